The van der Waals surface area contributed by atoms with Gasteiger partial charge in [-0.15, -0.1) is 0 Å². The molecule has 2 aromatic heterocycles. The van der Waals surface area contributed by atoms with Crippen LogP contribution in [0, 0.1) is 0 Å². The van der Waals surface area contributed by atoms with E-state index in [1.54, 1.807) is 62.3 Å². The second kappa shape index (κ2) is 52.9. The van der Waals surface area contributed by atoms with Gasteiger partial charge in [-0.2, -0.15) is 0 Å². The molecule has 0 aliphatic rings. The number of carbonyl (C=O) groups is 13. The predicted molar refractivity (Wildman–Crippen MR) is 405 cm³/mol. The summed E-state index contributed by atoms with van der Waals surface area (Å²) in [6.45, 7) is 16.9. The Morgan fingerprint density at radius 2 is 0.821 bits per heavy atom. The van der Waals surface area contributed by atoms with Crippen molar-refractivity contribution in [3.05, 3.63) is 36.4 Å². The molecule has 2 rings (SSSR count). The van der Waals surface area contributed by atoms with Crippen molar-refractivity contribution in [2.75, 3.05) is 53.5 Å². The minimum Gasteiger partial charge on any atom is -0.479 e. The number of alkyl carbamates (subject to hydrolysis) is 2. The smallest absolute Gasteiger partial charge is 0.419 e. The van der Waals surface area contributed by atoms with E-state index >= 15 is 0 Å². The molecule has 0 aliphatic heterocycles. The van der Waals surface area contributed by atoms with Crippen LogP contribution in [0.1, 0.15) is 189 Å². The van der Waals surface area contributed by atoms with Crippen molar-refractivity contribution in [2.45, 2.75) is 280 Å². The molecule has 12 atom stereocenters. The van der Waals surface area contributed by atoms with Crippen molar-refractivity contribution < 1.29 is 112 Å². The van der Waals surface area contributed by atoms with Gasteiger partial charge in [0, 0.05) is 44.5 Å². The van der Waals surface area contributed by atoms with E-state index in [1.165, 1.54) is 39.1 Å². The van der Waals surface area contributed by atoms with E-state index in [0.29, 0.717) is 96.2 Å². The quantitative estimate of drug-likeness (QED) is 0.0188. The molecule has 41 heteroatoms. The number of aliphatic hydroxyl groups is 4. The third-order valence-corrected chi connectivity index (χ3v) is 16.2. The molecule has 2 heterocycles. The number of imidazole rings is 2. The summed E-state index contributed by atoms with van der Waals surface area (Å²) in [4.78, 5) is 179. The van der Waals surface area contributed by atoms with E-state index in [9.17, 15) is 82.8 Å². The molecule has 638 valence electrons. The second-order valence-corrected chi connectivity index (χ2v) is 29.5. The number of hydrogen-bond acceptors (Lipinski definition) is 29. The molecule has 0 aromatic carbocycles. The lowest BCUT2D eigenvalue weighted by Crippen LogP contribution is -2.58. The highest BCUT2D eigenvalue weighted by atomic mass is 16.6. The molecule has 2 aromatic rings. The van der Waals surface area contributed by atoms with E-state index < -0.39 is 167 Å². The molecule has 41 nitrogen and oxygen atoms in total. The van der Waals surface area contributed by atoms with Crippen molar-refractivity contribution in [1.29, 1.82) is 0 Å². The Morgan fingerprint density at radius 3 is 1.25 bits per heavy atom. The molecule has 0 spiro atoms. The minimum absolute atomic E-state index is 0.0557. The van der Waals surface area contributed by atoms with Crippen LogP contribution in [0.4, 0.5) is 14.4 Å². The first-order chi connectivity index (χ1) is 52.5. The number of nitrogens with one attached hydrogen (secondary N) is 10. The van der Waals surface area contributed by atoms with E-state index in [4.69, 9.17) is 57.5 Å². The molecular formula is C71H126N18O23. The molecule has 7 unspecified atom stereocenters. The number of amides is 9. The molecule has 0 saturated heterocycles. The van der Waals surface area contributed by atoms with Crippen molar-refractivity contribution in [3.63, 3.8) is 0 Å². The summed E-state index contributed by atoms with van der Waals surface area (Å²) < 4.78 is 26.9. The standard InChI is InChI=1S/C40H71N9O11.C31H55N9O12/c1-38(2,3)58-35(54)43-22-16-13-18-27(31(50)46-29(34(53)57-10)19-12-15-21-42)45-33(52)30(23-26-24-49(25-44-26)37(56)60-40(7,8)9)47-32(51)28(17-11-14-20-41)48-36(55)59-39(4,5)6;1-52-31(51)19(10-3-6-12-33)39-27(46)18(9-2-5-11-32)38-28(47)20(16-21-35-14-15-36-21)40-26(45)17(34)8-4-7-13-37-29(48)24(43)22(41)23(42)25(44)30(49)50/h24-25,27-30H,11-23,41-42H2,1-10H3,(H,43,54)(H,45,52)(H,46,50)(H,47,51)(H,48,55);14-15,17-20,22-25,41-44H,2-13,16,32-34H2,1H3,(H,35,36)(H,37,48)(H,38,47)(H,39,46)(H,40,45)(H,49,50)/t;17?,18-,19?,20?,22+,23-,24-,25+/m.0/s1. The molecule has 0 fully saturated rings. The van der Waals surface area contributed by atoms with Gasteiger partial charge in [0.25, 0.3) is 5.91 Å². The topological polar surface area (TPSA) is 654 Å². The van der Waals surface area contributed by atoms with Gasteiger partial charge in [0.15, 0.2) is 12.2 Å². The summed E-state index contributed by atoms with van der Waals surface area (Å²) in [5.74, 6) is -8.26. The van der Waals surface area contributed by atoms with Crippen molar-refractivity contribution >= 4 is 77.5 Å². The number of carboxylic acid groups (broad SMARTS) is 1. The van der Waals surface area contributed by atoms with Crippen LogP contribution in [-0.4, -0.2) is 266 Å². The maximum Gasteiger partial charge on any atom is 0.419 e. The third-order valence-electron chi connectivity index (χ3n) is 16.2. The van der Waals surface area contributed by atoms with Crippen LogP contribution in [0.5, 0.6) is 0 Å². The Kier molecular flexibility index (Phi) is 47.6. The van der Waals surface area contributed by atoms with Crippen LogP contribution < -0.4 is 76.5 Å². The number of aromatic amines is 1. The average molecular weight is 1600 g/mol. The molecule has 0 bridgehead atoms. The fraction of sp³-hybridized carbons (Fsp3) is 0.732. The van der Waals surface area contributed by atoms with Crippen LogP contribution in [0.25, 0.3) is 0 Å². The van der Waals surface area contributed by atoms with Gasteiger partial charge in [-0.1, -0.05) is 0 Å². The summed E-state index contributed by atoms with van der Waals surface area (Å²) in [6, 6.07) is -9.22. The van der Waals surface area contributed by atoms with Gasteiger partial charge in [0.05, 0.1) is 26.0 Å². The fourth-order valence-electron chi connectivity index (χ4n) is 10.4. The summed E-state index contributed by atoms with van der Waals surface area (Å²) in [6.07, 6.45) is 0.261. The lowest BCUT2D eigenvalue weighted by Gasteiger charge is -2.27. The lowest BCUT2D eigenvalue weighted by molar-refractivity contribution is -0.166. The molecule has 112 heavy (non-hydrogen) atoms. The van der Waals surface area contributed by atoms with E-state index in [2.05, 4.69) is 62.8 Å². The monoisotopic (exact) mass is 1600 g/mol. The van der Waals surface area contributed by atoms with E-state index in [-0.39, 0.29) is 83.0 Å². The number of nitrogens with two attached hydrogens (primary N) is 5. The highest BCUT2D eigenvalue weighted by Gasteiger charge is 2.39. The molecule has 0 radical (unpaired) electrons. The second-order valence-electron chi connectivity index (χ2n) is 29.5. The number of ether oxygens (including phenoxy) is 5. The number of esters is 2. The number of nitrogens with zero attached hydrogens (tertiary/aromatic N) is 3. The lowest BCUT2D eigenvalue weighted by atomic mass is 10.0. The number of hydrogen-bond donors (Lipinski definition) is 20. The van der Waals surface area contributed by atoms with Crippen LogP contribution in [0.2, 0.25) is 0 Å². The largest absolute Gasteiger partial charge is 0.479 e. The average Bonchev–Trinajstić information content (AvgIpc) is 1.64. The first kappa shape index (κ1) is 101. The van der Waals surface area contributed by atoms with Gasteiger partial charge in [0.2, 0.25) is 35.4 Å². The van der Waals surface area contributed by atoms with Crippen LogP contribution in [0.3, 0.4) is 0 Å². The van der Waals surface area contributed by atoms with Crippen molar-refractivity contribution in [2.24, 2.45) is 28.7 Å². The van der Waals surface area contributed by atoms with Crippen LogP contribution >= 0.6 is 0 Å². The normalized spacial score (nSPS) is 14.7. The number of H-pyrrole nitrogens is 1. The number of unbranched alkanes of at least 4 members (excludes halogenated alkanes) is 6. The van der Waals surface area contributed by atoms with Crippen molar-refractivity contribution in [1.82, 2.24) is 67.4 Å². The molecular weight excluding hydrogens is 1470 g/mol. The van der Waals surface area contributed by atoms with Gasteiger partial charge >= 0.3 is 36.2 Å². The predicted octanol–water partition coefficient (Wildman–Crippen LogP) is -2.34. The third kappa shape index (κ3) is 42.4. The number of methoxy groups -OCH3 is 2. The SMILES string of the molecule is COC(=O)C(CCCCN)NC(=O)C(CCCCNC(=O)OC(C)(C)C)NC(=O)C(Cc1cn(C(=O)OC(C)(C)C)cn1)NC(=O)C(CCCCN)NC(=O)OC(C)(C)C.COC(=O)C(CCCCN)NC(=O)[C@H](CCCCN)NC(=O)C(Cc1ncc[nH]1)NC(=O)C(N)CCCCNC(=O)[C@@H](O)[C@H](O)[C@H](O)[C@@H](O)C(=O)O. The minimum atomic E-state index is -2.43. The fourth-order valence-corrected chi connectivity index (χ4v) is 10.4. The number of aliphatic carboxylic acids is 1. The van der Waals surface area contributed by atoms with Gasteiger partial charge in [0.1, 0.15) is 83.5 Å². The van der Waals surface area contributed by atoms with E-state index in [0.717, 1.165) is 4.57 Å². The van der Waals surface area contributed by atoms with Crippen LogP contribution in [-0.2, 0) is 84.5 Å². The maximum absolute atomic E-state index is 14.3. The number of rotatable bonds is 50. The highest BCUT2D eigenvalue weighted by molar-refractivity contribution is 5.96. The Bertz CT molecular complexity index is 3220. The summed E-state index contributed by atoms with van der Waals surface area (Å²) in [5.41, 5.74) is 26.4. The Balaban J connectivity index is 0.00000113. The first-order valence-corrected chi connectivity index (χ1v) is 37.5. The summed E-state index contributed by atoms with van der Waals surface area (Å²) >= 11 is 0. The van der Waals surface area contributed by atoms with Crippen molar-refractivity contribution in [3.8, 4) is 0 Å². The summed E-state index contributed by atoms with van der Waals surface area (Å²) in [7, 11) is 2.39. The summed E-state index contributed by atoms with van der Waals surface area (Å²) in [5, 5.41) is 70.8. The maximum atomic E-state index is 14.3. The Morgan fingerprint density at radius 1 is 0.446 bits per heavy atom. The van der Waals surface area contributed by atoms with Crippen LogP contribution in [0.15, 0.2) is 24.9 Å². The number of carbonyl (C=O) groups excluding carboxylic acids is 12. The number of aromatic nitrogens is 4. The molecule has 25 N–H and O–H groups in total. The zero-order valence-corrected chi connectivity index (χ0v) is 66.4. The highest BCUT2D eigenvalue weighted by Crippen LogP contribution is 2.16. The number of aliphatic hydroxyl groups excluding tert-OH is 4. The van der Waals surface area contributed by atoms with Gasteiger partial charge < -0.3 is 131 Å². The zero-order chi connectivity index (χ0) is 84.9. The first-order valence-electron chi connectivity index (χ1n) is 37.5. The van der Waals surface area contributed by atoms with Gasteiger partial charge in [-0.3, -0.25) is 33.6 Å². The molecule has 9 amide bonds. The Hall–Kier alpha value is -9.23. The molecule has 0 saturated carbocycles. The number of carboxylic acids is 1. The van der Waals surface area contributed by atoms with E-state index in [1.807, 2.05) is 0 Å². The molecule has 0 aliphatic carbocycles. The Labute approximate surface area is 653 Å². The van der Waals surface area contributed by atoms with Gasteiger partial charge in [-0.25, -0.2) is 43.3 Å². The zero-order valence-electron chi connectivity index (χ0n) is 66.4. The van der Waals surface area contributed by atoms with Gasteiger partial charge in [-0.05, 0) is 204 Å².